The summed E-state index contributed by atoms with van der Waals surface area (Å²) in [5, 5.41) is 8.97. The molecule has 2 aliphatic heterocycles. The highest BCUT2D eigenvalue weighted by Gasteiger charge is 2.39. The van der Waals surface area contributed by atoms with Crippen molar-refractivity contribution < 1.29 is 4.74 Å². The van der Waals surface area contributed by atoms with Crippen LogP contribution in [0, 0.1) is 17.2 Å². The first-order valence-electron chi connectivity index (χ1n) is 5.88. The van der Waals surface area contributed by atoms with Crippen molar-refractivity contribution in [2.75, 3.05) is 19.7 Å². The average Bonchev–Trinajstić information content (AvgIpc) is 2.76. The number of hydrogen-bond donors (Lipinski definition) is 0. The Hall–Kier alpha value is -0.590. The zero-order valence-electron chi connectivity index (χ0n) is 9.70. The molecule has 0 radical (unpaired) electrons. The Morgan fingerprint density at radius 1 is 1.53 bits per heavy atom. The van der Waals surface area contributed by atoms with Crippen LogP contribution in [0.4, 0.5) is 0 Å². The van der Waals surface area contributed by atoms with E-state index in [4.69, 9.17) is 10.00 Å². The maximum Gasteiger partial charge on any atom is 0.0703 e. The van der Waals surface area contributed by atoms with Crippen molar-refractivity contribution in [1.82, 2.24) is 4.90 Å². The highest BCUT2D eigenvalue weighted by Crippen LogP contribution is 2.33. The lowest BCUT2D eigenvalue weighted by Gasteiger charge is -2.32. The Morgan fingerprint density at radius 3 is 2.87 bits per heavy atom. The van der Waals surface area contributed by atoms with Crippen LogP contribution in [0.1, 0.15) is 33.1 Å². The molecule has 2 fully saturated rings. The topological polar surface area (TPSA) is 36.3 Å². The van der Waals surface area contributed by atoms with Crippen LogP contribution in [-0.2, 0) is 4.74 Å². The minimum Gasteiger partial charge on any atom is -0.377 e. The number of nitrogens with zero attached hydrogens (tertiary/aromatic N) is 2. The maximum absolute atomic E-state index is 8.97. The highest BCUT2D eigenvalue weighted by atomic mass is 16.5. The molecule has 3 heteroatoms. The molecule has 0 aromatic rings. The minimum atomic E-state index is 0.173. The number of hydrogen-bond acceptors (Lipinski definition) is 3. The van der Waals surface area contributed by atoms with Gasteiger partial charge in [-0.25, -0.2) is 0 Å². The van der Waals surface area contributed by atoms with Gasteiger partial charge in [-0.2, -0.15) is 5.26 Å². The molecule has 0 bridgehead atoms. The molecule has 0 N–H and O–H groups in total. The van der Waals surface area contributed by atoms with Gasteiger partial charge < -0.3 is 4.74 Å². The van der Waals surface area contributed by atoms with E-state index in [-0.39, 0.29) is 11.5 Å². The quantitative estimate of drug-likeness (QED) is 0.694. The third-order valence-corrected chi connectivity index (χ3v) is 3.67. The van der Waals surface area contributed by atoms with E-state index in [1.54, 1.807) is 0 Å². The second kappa shape index (κ2) is 4.11. The fourth-order valence-corrected chi connectivity index (χ4v) is 2.75. The zero-order valence-corrected chi connectivity index (χ0v) is 9.70. The van der Waals surface area contributed by atoms with E-state index in [9.17, 15) is 0 Å². The molecule has 2 heterocycles. The molecule has 2 aliphatic rings. The second-order valence-electron chi connectivity index (χ2n) is 5.38. The van der Waals surface area contributed by atoms with E-state index in [2.05, 4.69) is 24.8 Å². The molecule has 0 aromatic carbocycles. The number of ether oxygens (including phenoxy) is 1. The van der Waals surface area contributed by atoms with Crippen LogP contribution in [0.3, 0.4) is 0 Å². The molecule has 2 saturated heterocycles. The third-order valence-electron chi connectivity index (χ3n) is 3.67. The van der Waals surface area contributed by atoms with Crippen LogP contribution < -0.4 is 0 Å². The van der Waals surface area contributed by atoms with Crippen LogP contribution in [0.2, 0.25) is 0 Å². The van der Waals surface area contributed by atoms with Crippen molar-refractivity contribution in [3.8, 4) is 6.07 Å². The van der Waals surface area contributed by atoms with Crippen molar-refractivity contribution in [3.05, 3.63) is 0 Å². The molecule has 3 nitrogen and oxygen atoms in total. The van der Waals surface area contributed by atoms with Gasteiger partial charge in [-0.05, 0) is 33.1 Å². The SMILES string of the molecule is CC1(C)CC(C#N)CN1CC1CCCO1. The molecule has 15 heavy (non-hydrogen) atoms. The monoisotopic (exact) mass is 208 g/mol. The Balaban J connectivity index is 1.93. The summed E-state index contributed by atoms with van der Waals surface area (Å²) in [6, 6.07) is 2.39. The van der Waals surface area contributed by atoms with Gasteiger partial charge in [0.25, 0.3) is 0 Å². The van der Waals surface area contributed by atoms with E-state index in [0.29, 0.717) is 6.10 Å². The van der Waals surface area contributed by atoms with Gasteiger partial charge in [0.15, 0.2) is 0 Å². The van der Waals surface area contributed by atoms with E-state index >= 15 is 0 Å². The van der Waals surface area contributed by atoms with E-state index in [1.807, 2.05) is 0 Å². The smallest absolute Gasteiger partial charge is 0.0703 e. The van der Waals surface area contributed by atoms with Crippen LogP contribution in [0.15, 0.2) is 0 Å². The molecule has 0 aromatic heterocycles. The predicted octanol–water partition coefficient (Wildman–Crippen LogP) is 1.79. The molecule has 0 amide bonds. The standard InChI is InChI=1S/C12H20N2O/c1-12(2)6-10(7-13)8-14(12)9-11-4-3-5-15-11/h10-11H,3-6,8-9H2,1-2H3. The van der Waals surface area contributed by atoms with Crippen LogP contribution in [0.5, 0.6) is 0 Å². The summed E-state index contributed by atoms with van der Waals surface area (Å²) in [5.74, 6) is 0.210. The zero-order chi connectivity index (χ0) is 10.9. The van der Waals surface area contributed by atoms with E-state index < -0.39 is 0 Å². The van der Waals surface area contributed by atoms with Gasteiger partial charge in [0.2, 0.25) is 0 Å². The number of nitriles is 1. The second-order valence-corrected chi connectivity index (χ2v) is 5.38. The molecule has 84 valence electrons. The van der Waals surface area contributed by atoms with Gasteiger partial charge >= 0.3 is 0 Å². The molecule has 0 saturated carbocycles. The van der Waals surface area contributed by atoms with Crippen molar-refractivity contribution in [2.24, 2.45) is 5.92 Å². The maximum atomic E-state index is 8.97. The minimum absolute atomic E-state index is 0.173. The Labute approximate surface area is 92.0 Å². The molecular formula is C12H20N2O. The highest BCUT2D eigenvalue weighted by molar-refractivity contribution is 5.01. The van der Waals surface area contributed by atoms with E-state index in [0.717, 1.165) is 26.1 Å². The van der Waals surface area contributed by atoms with Crippen LogP contribution in [0.25, 0.3) is 0 Å². The van der Waals surface area contributed by atoms with Crippen molar-refractivity contribution in [1.29, 1.82) is 5.26 Å². The van der Waals surface area contributed by atoms with Crippen LogP contribution in [-0.4, -0.2) is 36.2 Å². The summed E-state index contributed by atoms with van der Waals surface area (Å²) in [4.78, 5) is 2.43. The van der Waals surface area contributed by atoms with Crippen LogP contribution >= 0.6 is 0 Å². The first kappa shape index (κ1) is 10.9. The van der Waals surface area contributed by atoms with Crippen molar-refractivity contribution in [3.63, 3.8) is 0 Å². The van der Waals surface area contributed by atoms with Gasteiger partial charge in [-0.3, -0.25) is 4.90 Å². The molecule has 2 atom stereocenters. The summed E-state index contributed by atoms with van der Waals surface area (Å²) in [5.41, 5.74) is 0.173. The average molecular weight is 208 g/mol. The summed E-state index contributed by atoms with van der Waals surface area (Å²) < 4.78 is 5.65. The fourth-order valence-electron chi connectivity index (χ4n) is 2.75. The Kier molecular flexibility index (Phi) is 2.99. The molecular weight excluding hydrogens is 188 g/mol. The molecule has 2 unspecified atom stereocenters. The van der Waals surface area contributed by atoms with Crippen molar-refractivity contribution in [2.45, 2.75) is 44.8 Å². The van der Waals surface area contributed by atoms with Gasteiger partial charge in [0.1, 0.15) is 0 Å². The normalized spacial score (nSPS) is 35.5. The number of likely N-dealkylation sites (tertiary alicyclic amines) is 1. The summed E-state index contributed by atoms with van der Waals surface area (Å²) in [6.07, 6.45) is 3.78. The Bertz CT molecular complexity index is 263. The lowest BCUT2D eigenvalue weighted by Crippen LogP contribution is -2.42. The summed E-state index contributed by atoms with van der Waals surface area (Å²) in [7, 11) is 0. The van der Waals surface area contributed by atoms with E-state index in [1.165, 1.54) is 12.8 Å². The first-order valence-corrected chi connectivity index (χ1v) is 5.88. The number of rotatable bonds is 2. The molecule has 0 spiro atoms. The molecule has 0 aliphatic carbocycles. The van der Waals surface area contributed by atoms with Gasteiger partial charge in [-0.1, -0.05) is 0 Å². The predicted molar refractivity (Wildman–Crippen MR) is 58.3 cm³/mol. The largest absolute Gasteiger partial charge is 0.377 e. The lowest BCUT2D eigenvalue weighted by molar-refractivity contribution is 0.0510. The summed E-state index contributed by atoms with van der Waals surface area (Å²) >= 11 is 0. The first-order chi connectivity index (χ1) is 7.12. The van der Waals surface area contributed by atoms with Gasteiger partial charge in [0, 0.05) is 25.2 Å². The third kappa shape index (κ3) is 2.32. The summed E-state index contributed by atoms with van der Waals surface area (Å²) in [6.45, 7) is 7.31. The van der Waals surface area contributed by atoms with Gasteiger partial charge in [0.05, 0.1) is 18.1 Å². The Morgan fingerprint density at radius 2 is 2.33 bits per heavy atom. The lowest BCUT2D eigenvalue weighted by atomic mass is 9.97. The van der Waals surface area contributed by atoms with Gasteiger partial charge in [-0.15, -0.1) is 0 Å². The molecule has 2 rings (SSSR count). The fraction of sp³-hybridized carbons (Fsp3) is 0.917. The van der Waals surface area contributed by atoms with Crippen molar-refractivity contribution >= 4 is 0 Å².